The van der Waals surface area contributed by atoms with E-state index in [1.165, 1.54) is 4.88 Å². The molecule has 2 aromatic rings. The van der Waals surface area contributed by atoms with E-state index in [-0.39, 0.29) is 5.78 Å². The quantitative estimate of drug-likeness (QED) is 0.780. The fraction of sp³-hybridized carbons (Fsp3) is 0.200. The number of aryl methyl sites for hydroxylation is 1. The highest BCUT2D eigenvalue weighted by Gasteiger charge is 2.07. The van der Waals surface area contributed by atoms with Gasteiger partial charge in [-0.2, -0.15) is 0 Å². The Balaban J connectivity index is 1.90. The van der Waals surface area contributed by atoms with Crippen molar-refractivity contribution in [2.75, 3.05) is 0 Å². The van der Waals surface area contributed by atoms with Crippen LogP contribution in [0.4, 0.5) is 0 Å². The van der Waals surface area contributed by atoms with E-state index in [9.17, 15) is 4.79 Å². The van der Waals surface area contributed by atoms with Gasteiger partial charge in [0, 0.05) is 23.7 Å². The van der Waals surface area contributed by atoms with Crippen molar-refractivity contribution in [3.05, 3.63) is 40.6 Å². The number of H-pyrrole nitrogens is 1. The molecule has 0 aliphatic heterocycles. The minimum absolute atomic E-state index is 0.0726. The molecule has 2 heterocycles. The summed E-state index contributed by atoms with van der Waals surface area (Å²) in [6.45, 7) is 0. The summed E-state index contributed by atoms with van der Waals surface area (Å²) in [5, 5.41) is 2.02. The number of nitrogens with zero attached hydrogens (tertiary/aromatic N) is 1. The zero-order chi connectivity index (χ0) is 9.80. The number of aromatic nitrogens is 2. The molecule has 0 spiro atoms. The lowest BCUT2D eigenvalue weighted by molar-refractivity contribution is 0.0974. The lowest BCUT2D eigenvalue weighted by Crippen LogP contribution is -2.02. The molecule has 72 valence electrons. The van der Waals surface area contributed by atoms with E-state index >= 15 is 0 Å². The minimum atomic E-state index is 0.0726. The van der Waals surface area contributed by atoms with Crippen molar-refractivity contribution in [1.82, 2.24) is 9.97 Å². The zero-order valence-corrected chi connectivity index (χ0v) is 8.38. The molecule has 0 aliphatic carbocycles. The van der Waals surface area contributed by atoms with Crippen molar-refractivity contribution in [2.24, 2.45) is 0 Å². The summed E-state index contributed by atoms with van der Waals surface area (Å²) in [5.74, 6) is 0.532. The van der Waals surface area contributed by atoms with Gasteiger partial charge in [0.2, 0.25) is 0 Å². The van der Waals surface area contributed by atoms with Gasteiger partial charge in [-0.3, -0.25) is 4.79 Å². The van der Waals surface area contributed by atoms with Crippen molar-refractivity contribution in [2.45, 2.75) is 12.8 Å². The molecule has 1 N–H and O–H groups in total. The van der Waals surface area contributed by atoms with Crippen molar-refractivity contribution < 1.29 is 4.79 Å². The molecule has 0 unspecified atom stereocenters. The van der Waals surface area contributed by atoms with E-state index in [4.69, 9.17) is 0 Å². The molecule has 0 atom stereocenters. The molecule has 0 bridgehead atoms. The summed E-state index contributed by atoms with van der Waals surface area (Å²) in [4.78, 5) is 19.5. The first-order valence-corrected chi connectivity index (χ1v) is 5.29. The topological polar surface area (TPSA) is 45.8 Å². The fourth-order valence-electron chi connectivity index (χ4n) is 1.23. The molecule has 2 aromatic heterocycles. The van der Waals surface area contributed by atoms with E-state index in [1.54, 1.807) is 23.7 Å². The molecule has 0 amide bonds. The van der Waals surface area contributed by atoms with Gasteiger partial charge in [-0.1, -0.05) is 6.07 Å². The average Bonchev–Trinajstić information content (AvgIpc) is 2.87. The lowest BCUT2D eigenvalue weighted by Gasteiger charge is -1.95. The number of nitrogens with one attached hydrogen (secondary N) is 1. The Kier molecular flexibility index (Phi) is 2.74. The van der Waals surface area contributed by atoms with E-state index in [0.717, 1.165) is 6.42 Å². The highest BCUT2D eigenvalue weighted by Crippen LogP contribution is 2.11. The van der Waals surface area contributed by atoms with Gasteiger partial charge in [-0.25, -0.2) is 4.98 Å². The Morgan fingerprint density at radius 2 is 2.50 bits per heavy atom. The smallest absolute Gasteiger partial charge is 0.198 e. The minimum Gasteiger partial charge on any atom is -0.342 e. The zero-order valence-electron chi connectivity index (χ0n) is 7.56. The molecule has 14 heavy (non-hydrogen) atoms. The van der Waals surface area contributed by atoms with Crippen LogP contribution in [-0.4, -0.2) is 15.8 Å². The third kappa shape index (κ3) is 2.09. The van der Waals surface area contributed by atoms with Gasteiger partial charge in [0.05, 0.1) is 0 Å². The number of ketones is 1. The number of hydrogen-bond acceptors (Lipinski definition) is 3. The second-order valence-electron chi connectivity index (χ2n) is 2.94. The van der Waals surface area contributed by atoms with Gasteiger partial charge in [0.1, 0.15) is 0 Å². The van der Waals surface area contributed by atoms with Gasteiger partial charge in [0.15, 0.2) is 11.6 Å². The predicted molar refractivity (Wildman–Crippen MR) is 55.6 cm³/mol. The van der Waals surface area contributed by atoms with Gasteiger partial charge in [0.25, 0.3) is 0 Å². The van der Waals surface area contributed by atoms with E-state index in [2.05, 4.69) is 9.97 Å². The monoisotopic (exact) mass is 206 g/mol. The first-order chi connectivity index (χ1) is 6.86. The number of Topliss-reactive ketones (excluding diaryl/α,β-unsaturated/α-hetero) is 1. The van der Waals surface area contributed by atoms with Crippen LogP contribution in [0.2, 0.25) is 0 Å². The number of thiophene rings is 1. The van der Waals surface area contributed by atoms with E-state index < -0.39 is 0 Å². The van der Waals surface area contributed by atoms with Crippen LogP contribution in [0.3, 0.4) is 0 Å². The second kappa shape index (κ2) is 4.19. The molecule has 0 aliphatic rings. The average molecular weight is 206 g/mol. The van der Waals surface area contributed by atoms with Gasteiger partial charge in [-0.05, 0) is 17.9 Å². The Hall–Kier alpha value is -1.42. The molecule has 0 radical (unpaired) electrons. The normalized spacial score (nSPS) is 10.3. The van der Waals surface area contributed by atoms with Crippen molar-refractivity contribution in [3.8, 4) is 0 Å². The van der Waals surface area contributed by atoms with E-state index in [0.29, 0.717) is 12.2 Å². The molecule has 0 fully saturated rings. The first kappa shape index (κ1) is 9.15. The Morgan fingerprint density at radius 1 is 1.57 bits per heavy atom. The van der Waals surface area contributed by atoms with Gasteiger partial charge < -0.3 is 4.98 Å². The van der Waals surface area contributed by atoms with Crippen molar-refractivity contribution >= 4 is 17.1 Å². The molecule has 3 nitrogen and oxygen atoms in total. The molecule has 0 aromatic carbocycles. The number of imidazole rings is 1. The lowest BCUT2D eigenvalue weighted by atomic mass is 10.2. The summed E-state index contributed by atoms with van der Waals surface area (Å²) in [6.07, 6.45) is 4.59. The molecule has 4 heteroatoms. The number of hydrogen-bond donors (Lipinski definition) is 1. The molecule has 0 saturated heterocycles. The van der Waals surface area contributed by atoms with Crippen LogP contribution < -0.4 is 0 Å². The van der Waals surface area contributed by atoms with Crippen LogP contribution in [0, 0.1) is 0 Å². The number of aromatic amines is 1. The largest absolute Gasteiger partial charge is 0.342 e. The highest BCUT2D eigenvalue weighted by molar-refractivity contribution is 7.09. The maximum Gasteiger partial charge on any atom is 0.198 e. The number of carbonyl (C=O) groups excluding carboxylic acids is 1. The molecule has 0 saturated carbocycles. The van der Waals surface area contributed by atoms with Crippen LogP contribution >= 0.6 is 11.3 Å². The SMILES string of the molecule is O=C(CCc1cccs1)c1ncc[nH]1. The van der Waals surface area contributed by atoms with Gasteiger partial charge >= 0.3 is 0 Å². The van der Waals surface area contributed by atoms with Crippen molar-refractivity contribution in [3.63, 3.8) is 0 Å². The Labute approximate surface area is 85.8 Å². The summed E-state index contributed by atoms with van der Waals surface area (Å²) in [6, 6.07) is 4.04. The Bertz CT molecular complexity index is 392. The van der Waals surface area contributed by atoms with Crippen LogP contribution in [-0.2, 0) is 6.42 Å². The van der Waals surface area contributed by atoms with Crippen LogP contribution in [0.5, 0.6) is 0 Å². The number of carbonyl (C=O) groups is 1. The molecular formula is C10H10N2OS. The number of rotatable bonds is 4. The summed E-state index contributed by atoms with van der Waals surface area (Å²) in [5.41, 5.74) is 0. The molecular weight excluding hydrogens is 196 g/mol. The maximum absolute atomic E-state index is 11.5. The van der Waals surface area contributed by atoms with Crippen LogP contribution in [0.1, 0.15) is 21.9 Å². The maximum atomic E-state index is 11.5. The van der Waals surface area contributed by atoms with Gasteiger partial charge in [-0.15, -0.1) is 11.3 Å². The van der Waals surface area contributed by atoms with Crippen LogP contribution in [0.15, 0.2) is 29.9 Å². The molecule has 2 rings (SSSR count). The first-order valence-electron chi connectivity index (χ1n) is 4.41. The standard InChI is InChI=1S/C10H10N2OS/c13-9(10-11-5-6-12-10)4-3-8-2-1-7-14-8/h1-2,5-7H,3-4H2,(H,11,12). The summed E-state index contributed by atoms with van der Waals surface area (Å²) in [7, 11) is 0. The predicted octanol–water partition coefficient (Wildman–Crippen LogP) is 2.29. The highest BCUT2D eigenvalue weighted by atomic mass is 32.1. The second-order valence-corrected chi connectivity index (χ2v) is 3.97. The third-order valence-electron chi connectivity index (χ3n) is 1.94. The van der Waals surface area contributed by atoms with E-state index in [1.807, 2.05) is 17.5 Å². The Morgan fingerprint density at radius 3 is 3.14 bits per heavy atom. The summed E-state index contributed by atoms with van der Waals surface area (Å²) >= 11 is 1.68. The van der Waals surface area contributed by atoms with Crippen molar-refractivity contribution in [1.29, 1.82) is 0 Å². The van der Waals surface area contributed by atoms with Crippen LogP contribution in [0.25, 0.3) is 0 Å². The fourth-order valence-corrected chi connectivity index (χ4v) is 1.94. The summed E-state index contributed by atoms with van der Waals surface area (Å²) < 4.78 is 0. The third-order valence-corrected chi connectivity index (χ3v) is 2.88.